The summed E-state index contributed by atoms with van der Waals surface area (Å²) in [6.45, 7) is 15.0. The van der Waals surface area contributed by atoms with Crippen LogP contribution in [0.5, 0.6) is 0 Å². The average Bonchev–Trinajstić information content (AvgIpc) is 2.81. The number of aromatic nitrogens is 1. The number of ether oxygens (including phenoxy) is 1. The van der Waals surface area contributed by atoms with Crippen LogP contribution < -0.4 is 5.46 Å². The van der Waals surface area contributed by atoms with Gasteiger partial charge in [0.05, 0.1) is 11.2 Å². The van der Waals surface area contributed by atoms with Gasteiger partial charge in [-0.15, -0.1) is 0 Å². The maximum absolute atomic E-state index is 12.2. The van der Waals surface area contributed by atoms with Crippen LogP contribution in [0.15, 0.2) is 24.5 Å². The fraction of sp³-hybridized carbons (Fsp3) is 0.619. The van der Waals surface area contributed by atoms with Crippen LogP contribution in [0.1, 0.15) is 60.5 Å². The summed E-state index contributed by atoms with van der Waals surface area (Å²) in [6, 6.07) is 2.07. The number of rotatable bonds is 2. The third kappa shape index (κ3) is 4.41. The third-order valence-corrected chi connectivity index (χ3v) is 5.52. The van der Waals surface area contributed by atoms with Crippen molar-refractivity contribution >= 4 is 24.2 Å². The van der Waals surface area contributed by atoms with E-state index in [0.717, 1.165) is 17.4 Å². The van der Waals surface area contributed by atoms with Crippen molar-refractivity contribution in [2.24, 2.45) is 0 Å². The van der Waals surface area contributed by atoms with Gasteiger partial charge in [0.15, 0.2) is 0 Å². The van der Waals surface area contributed by atoms with E-state index in [1.165, 1.54) is 5.57 Å². The molecule has 2 aliphatic heterocycles. The van der Waals surface area contributed by atoms with E-state index in [1.54, 1.807) is 11.1 Å². The van der Waals surface area contributed by atoms with Gasteiger partial charge in [-0.25, -0.2) is 4.79 Å². The van der Waals surface area contributed by atoms with Crippen LogP contribution >= 0.6 is 0 Å². The Morgan fingerprint density at radius 1 is 1.18 bits per heavy atom. The van der Waals surface area contributed by atoms with E-state index in [4.69, 9.17) is 14.0 Å². The molecule has 6 nitrogen and oxygen atoms in total. The molecule has 1 amide bonds. The van der Waals surface area contributed by atoms with Crippen LogP contribution in [0.4, 0.5) is 4.79 Å². The predicted molar refractivity (Wildman–Crippen MR) is 110 cm³/mol. The Morgan fingerprint density at radius 2 is 1.82 bits per heavy atom. The van der Waals surface area contributed by atoms with E-state index >= 15 is 0 Å². The quantitative estimate of drug-likeness (QED) is 0.729. The van der Waals surface area contributed by atoms with E-state index in [0.29, 0.717) is 13.1 Å². The van der Waals surface area contributed by atoms with Crippen LogP contribution in [0, 0.1) is 0 Å². The molecular formula is C21H31BN2O4. The molecule has 0 N–H and O–H groups in total. The first-order valence-corrected chi connectivity index (χ1v) is 9.86. The molecule has 1 fully saturated rings. The van der Waals surface area contributed by atoms with Gasteiger partial charge >= 0.3 is 13.2 Å². The molecule has 1 aromatic heterocycles. The average molecular weight is 386 g/mol. The number of hydrogen-bond acceptors (Lipinski definition) is 5. The normalized spacial score (nSPS) is 21.5. The lowest BCUT2D eigenvalue weighted by Crippen LogP contribution is -2.41. The van der Waals surface area contributed by atoms with Gasteiger partial charge in [0.2, 0.25) is 0 Å². The predicted octanol–water partition coefficient (Wildman–Crippen LogP) is 3.41. The smallest absolute Gasteiger partial charge is 0.444 e. The molecule has 0 aromatic carbocycles. The first-order chi connectivity index (χ1) is 12.9. The van der Waals surface area contributed by atoms with E-state index in [2.05, 4.69) is 17.1 Å². The lowest BCUT2D eigenvalue weighted by molar-refractivity contribution is 0.00578. The lowest BCUT2D eigenvalue weighted by atomic mass is 9.79. The molecular weight excluding hydrogens is 355 g/mol. The molecule has 0 bridgehead atoms. The molecule has 1 saturated heterocycles. The molecule has 0 unspecified atom stereocenters. The molecule has 28 heavy (non-hydrogen) atoms. The van der Waals surface area contributed by atoms with E-state index < -0.39 is 12.7 Å². The minimum absolute atomic E-state index is 0.271. The number of nitrogens with zero attached hydrogens (tertiary/aromatic N) is 2. The summed E-state index contributed by atoms with van der Waals surface area (Å²) in [5, 5.41) is 0. The maximum Gasteiger partial charge on any atom is 0.496 e. The van der Waals surface area contributed by atoms with Crippen molar-refractivity contribution in [1.29, 1.82) is 0 Å². The summed E-state index contributed by atoms with van der Waals surface area (Å²) < 4.78 is 17.7. The van der Waals surface area contributed by atoms with Gasteiger partial charge in [-0.2, -0.15) is 0 Å². The van der Waals surface area contributed by atoms with Crippen LogP contribution in [0.25, 0.3) is 5.57 Å². The Kier molecular flexibility index (Phi) is 5.36. The number of carbonyl (C=O) groups excluding carboxylic acids is 1. The first kappa shape index (κ1) is 20.9. The lowest BCUT2D eigenvalue weighted by Gasteiger charge is -2.32. The zero-order chi connectivity index (χ0) is 20.7. The van der Waals surface area contributed by atoms with Gasteiger partial charge in [-0.05, 0) is 66.0 Å². The van der Waals surface area contributed by atoms with Crippen LogP contribution in [-0.2, 0) is 14.0 Å². The second kappa shape index (κ2) is 7.19. The van der Waals surface area contributed by atoms with Gasteiger partial charge in [-0.1, -0.05) is 12.1 Å². The molecule has 0 radical (unpaired) electrons. The van der Waals surface area contributed by atoms with Crippen LogP contribution in [0.2, 0.25) is 0 Å². The van der Waals surface area contributed by atoms with Crippen molar-refractivity contribution in [2.75, 3.05) is 13.1 Å². The van der Waals surface area contributed by atoms with Crippen molar-refractivity contribution in [3.63, 3.8) is 0 Å². The van der Waals surface area contributed by atoms with Crippen molar-refractivity contribution in [1.82, 2.24) is 9.88 Å². The van der Waals surface area contributed by atoms with Gasteiger partial charge in [0.1, 0.15) is 5.60 Å². The Balaban J connectivity index is 1.71. The number of hydrogen-bond donors (Lipinski definition) is 0. The molecule has 0 spiro atoms. The number of carbonyl (C=O) groups is 1. The maximum atomic E-state index is 12.2. The zero-order valence-corrected chi connectivity index (χ0v) is 18.0. The van der Waals surface area contributed by atoms with Crippen molar-refractivity contribution < 1.29 is 18.8 Å². The third-order valence-electron chi connectivity index (χ3n) is 5.52. The molecule has 3 rings (SSSR count). The molecule has 0 saturated carbocycles. The summed E-state index contributed by atoms with van der Waals surface area (Å²) in [7, 11) is -0.431. The summed E-state index contributed by atoms with van der Waals surface area (Å²) in [6.07, 6.45) is 6.20. The summed E-state index contributed by atoms with van der Waals surface area (Å²) in [5.41, 5.74) is 1.87. The molecule has 0 atom stereocenters. The van der Waals surface area contributed by atoms with Crippen molar-refractivity contribution in [3.8, 4) is 0 Å². The Bertz CT molecular complexity index is 767. The Labute approximate surface area is 168 Å². The zero-order valence-electron chi connectivity index (χ0n) is 18.0. The summed E-state index contributed by atoms with van der Waals surface area (Å²) in [4.78, 5) is 18.4. The van der Waals surface area contributed by atoms with Crippen LogP contribution in [0.3, 0.4) is 0 Å². The Hall–Kier alpha value is -1.86. The van der Waals surface area contributed by atoms with Gasteiger partial charge in [0, 0.05) is 30.9 Å². The number of amides is 1. The topological polar surface area (TPSA) is 60.9 Å². The minimum atomic E-state index is -0.484. The summed E-state index contributed by atoms with van der Waals surface area (Å²) in [5.74, 6) is 0. The monoisotopic (exact) mass is 386 g/mol. The molecule has 1 aromatic rings. The van der Waals surface area contributed by atoms with E-state index in [1.807, 2.05) is 54.7 Å². The van der Waals surface area contributed by atoms with Crippen LogP contribution in [-0.4, -0.2) is 53.0 Å². The standard InChI is InChI=1S/C21H31BN2O4/c1-19(2,3)26-18(25)24-10-8-15(9-11-24)16-12-17(14-23-13-16)22-27-20(4,5)21(6,7)28-22/h8,12-14H,9-11H2,1-7H3. The molecule has 152 valence electrons. The Morgan fingerprint density at radius 3 is 2.36 bits per heavy atom. The van der Waals surface area contributed by atoms with Gasteiger partial charge in [-0.3, -0.25) is 4.98 Å². The first-order valence-electron chi connectivity index (χ1n) is 9.86. The second-order valence-electron chi connectivity index (χ2n) is 9.50. The molecule has 7 heteroatoms. The van der Waals surface area contributed by atoms with Crippen molar-refractivity contribution in [3.05, 3.63) is 30.1 Å². The fourth-order valence-electron chi connectivity index (χ4n) is 3.17. The minimum Gasteiger partial charge on any atom is -0.444 e. The SMILES string of the molecule is CC(C)(C)OC(=O)N1CC=C(c2cncc(B3OC(C)(C)C(C)(C)O3)c2)CC1. The van der Waals surface area contributed by atoms with Gasteiger partial charge < -0.3 is 18.9 Å². The molecule has 3 heterocycles. The highest BCUT2D eigenvalue weighted by Crippen LogP contribution is 2.36. The molecule has 2 aliphatic rings. The highest BCUT2D eigenvalue weighted by Gasteiger charge is 2.51. The highest BCUT2D eigenvalue weighted by atomic mass is 16.7. The van der Waals surface area contributed by atoms with Crippen molar-refractivity contribution in [2.45, 2.75) is 71.7 Å². The summed E-state index contributed by atoms with van der Waals surface area (Å²) >= 11 is 0. The fourth-order valence-corrected chi connectivity index (χ4v) is 3.17. The largest absolute Gasteiger partial charge is 0.496 e. The molecule has 0 aliphatic carbocycles. The number of pyridine rings is 1. The van der Waals surface area contributed by atoms with E-state index in [9.17, 15) is 4.79 Å². The van der Waals surface area contributed by atoms with E-state index in [-0.39, 0.29) is 17.3 Å². The van der Waals surface area contributed by atoms with Gasteiger partial charge in [0.25, 0.3) is 0 Å². The second-order valence-corrected chi connectivity index (χ2v) is 9.50. The highest BCUT2D eigenvalue weighted by molar-refractivity contribution is 6.62.